The van der Waals surface area contributed by atoms with Gasteiger partial charge in [0.15, 0.2) is 17.2 Å². The summed E-state index contributed by atoms with van der Waals surface area (Å²) >= 11 is 0. The quantitative estimate of drug-likeness (QED) is 0.0833. The van der Waals surface area contributed by atoms with Gasteiger partial charge in [0.25, 0.3) is 0 Å². The Hall–Kier alpha value is -4.26. The van der Waals surface area contributed by atoms with E-state index in [0.29, 0.717) is 35.5 Å². The molecule has 7 nitrogen and oxygen atoms in total. The van der Waals surface area contributed by atoms with Gasteiger partial charge in [0, 0.05) is 18.0 Å². The molecule has 5 aliphatic carbocycles. The zero-order chi connectivity index (χ0) is 33.2. The molecule has 0 amide bonds. The van der Waals surface area contributed by atoms with E-state index in [2.05, 4.69) is 69.7 Å². The summed E-state index contributed by atoms with van der Waals surface area (Å²) in [4.78, 5) is 9.65. The summed E-state index contributed by atoms with van der Waals surface area (Å²) in [5.41, 5.74) is 15.2. The third-order valence-electron chi connectivity index (χ3n) is 12.6. The minimum atomic E-state index is -0.794. The first kappa shape index (κ1) is 30.1. The summed E-state index contributed by atoms with van der Waals surface area (Å²) in [7, 11) is 0. The van der Waals surface area contributed by atoms with Crippen LogP contribution in [0.3, 0.4) is 0 Å². The van der Waals surface area contributed by atoms with E-state index < -0.39 is 28.7 Å². The Kier molecular flexibility index (Phi) is 6.48. The van der Waals surface area contributed by atoms with Crippen LogP contribution in [0.15, 0.2) is 59.9 Å². The molecule has 244 valence electrons. The maximum Gasteiger partial charge on any atom is 0.203 e. The van der Waals surface area contributed by atoms with Crippen LogP contribution in [0.2, 0.25) is 0 Å². The predicted molar refractivity (Wildman–Crippen MR) is 185 cm³/mol. The van der Waals surface area contributed by atoms with Crippen molar-refractivity contribution in [3.63, 3.8) is 0 Å². The number of aliphatic imine (C=N–C) groups is 1. The van der Waals surface area contributed by atoms with Crippen LogP contribution < -0.4 is 5.73 Å². The highest BCUT2D eigenvalue weighted by Gasteiger charge is 2.53. The van der Waals surface area contributed by atoms with Gasteiger partial charge in [-0.2, -0.15) is 0 Å². The summed E-state index contributed by atoms with van der Waals surface area (Å²) in [6, 6.07) is 9.48. The van der Waals surface area contributed by atoms with Crippen LogP contribution in [0.4, 0.5) is 5.69 Å². The number of nitrogen functional groups attached to an aromatic ring is 1. The third kappa shape index (κ3) is 4.38. The number of benzene rings is 2. The van der Waals surface area contributed by atoms with Gasteiger partial charge in [0.1, 0.15) is 5.69 Å². The van der Waals surface area contributed by atoms with Crippen molar-refractivity contribution < 1.29 is 20.4 Å². The lowest BCUT2D eigenvalue weighted by molar-refractivity contribution is 0.241. The Balaban J connectivity index is 1.07. The minimum absolute atomic E-state index is 0.140. The van der Waals surface area contributed by atoms with Gasteiger partial charge in [-0.25, -0.2) is 0 Å². The first-order valence-electron chi connectivity index (χ1n) is 17.1. The summed E-state index contributed by atoms with van der Waals surface area (Å²) in [6.07, 6.45) is 12.4. The van der Waals surface area contributed by atoms with Crippen LogP contribution in [-0.2, 0) is 10.8 Å². The summed E-state index contributed by atoms with van der Waals surface area (Å²) < 4.78 is 0. The molecule has 3 fully saturated rings. The maximum absolute atomic E-state index is 10.6. The van der Waals surface area contributed by atoms with Crippen molar-refractivity contribution in [1.29, 1.82) is 0 Å². The number of nitrogens with two attached hydrogens (primary N) is 1. The number of hydrogen-bond donors (Lipinski definition) is 5. The third-order valence-corrected chi connectivity index (χ3v) is 12.6. The smallest absolute Gasteiger partial charge is 0.203 e. The van der Waals surface area contributed by atoms with Crippen molar-refractivity contribution in [3.8, 4) is 34.3 Å². The zero-order valence-electron chi connectivity index (χ0n) is 27.7. The van der Waals surface area contributed by atoms with Crippen LogP contribution in [0, 0.1) is 23.7 Å². The first-order chi connectivity index (χ1) is 22.3. The van der Waals surface area contributed by atoms with Gasteiger partial charge < -0.3 is 26.2 Å². The van der Waals surface area contributed by atoms with Crippen molar-refractivity contribution >= 4 is 11.4 Å². The molecule has 3 saturated carbocycles. The standard InChI is InChI=1S/C40H45N3O4/c1-6-31(33-35(44)34(41)37(46)38(47)36(33)45)42-16-22-9-19-10-24(22)25(11-19)27-13-21-14-28(27)26-12-20(7-8-23(21)26)32-15-29-30(17-43-32)40(4,5)18-39(29,2)3/h6-8,12,15-17,19,21,24-25,27-28,44-47H,1,9-11,13-14,18,41H2,2-5H3. The highest BCUT2D eigenvalue weighted by Crippen LogP contribution is 2.65. The Morgan fingerprint density at radius 1 is 0.872 bits per heavy atom. The molecule has 2 aromatic carbocycles. The van der Waals surface area contributed by atoms with E-state index in [-0.39, 0.29) is 22.1 Å². The van der Waals surface area contributed by atoms with Crippen molar-refractivity contribution in [1.82, 2.24) is 4.98 Å². The highest BCUT2D eigenvalue weighted by molar-refractivity contribution is 6.14. The van der Waals surface area contributed by atoms with Crippen LogP contribution in [-0.4, -0.2) is 31.1 Å². The molecule has 1 heterocycles. The molecule has 0 aliphatic heterocycles. The summed E-state index contributed by atoms with van der Waals surface area (Å²) in [6.45, 7) is 13.2. The van der Waals surface area contributed by atoms with E-state index in [9.17, 15) is 20.4 Å². The molecule has 0 saturated heterocycles. The number of rotatable bonds is 5. The molecule has 6 unspecified atom stereocenters. The van der Waals surface area contributed by atoms with E-state index in [1.54, 1.807) is 0 Å². The minimum Gasteiger partial charge on any atom is -0.505 e. The highest BCUT2D eigenvalue weighted by atomic mass is 16.3. The molecule has 8 rings (SSSR count). The van der Waals surface area contributed by atoms with Crippen LogP contribution in [0.25, 0.3) is 11.3 Å². The zero-order valence-corrected chi connectivity index (χ0v) is 27.7. The second-order valence-corrected chi connectivity index (χ2v) is 16.3. The van der Waals surface area contributed by atoms with E-state index >= 15 is 0 Å². The number of pyridine rings is 1. The normalized spacial score (nSPS) is 30.2. The fourth-order valence-electron chi connectivity index (χ4n) is 10.8. The fourth-order valence-corrected chi connectivity index (χ4v) is 10.8. The topological polar surface area (TPSA) is 132 Å². The molecule has 6 atom stereocenters. The van der Waals surface area contributed by atoms with Crippen molar-refractivity contribution in [2.45, 2.75) is 88.9 Å². The molecular formula is C40H45N3O4. The summed E-state index contributed by atoms with van der Waals surface area (Å²) in [5, 5.41) is 41.1. The molecule has 0 radical (unpaired) electrons. The van der Waals surface area contributed by atoms with E-state index in [4.69, 9.17) is 10.7 Å². The van der Waals surface area contributed by atoms with Gasteiger partial charge in [-0.15, -0.1) is 0 Å². The monoisotopic (exact) mass is 631 g/mol. The van der Waals surface area contributed by atoms with Crippen molar-refractivity contribution in [3.05, 3.63) is 82.7 Å². The van der Waals surface area contributed by atoms with E-state index in [0.717, 1.165) is 18.5 Å². The molecule has 4 bridgehead atoms. The molecule has 3 aromatic rings. The number of aromatic hydroxyl groups is 4. The second kappa shape index (κ2) is 10.1. The number of fused-ring (bicyclic) bond motifs is 8. The number of hydrogen-bond acceptors (Lipinski definition) is 7. The average molecular weight is 632 g/mol. The Labute approximate surface area is 276 Å². The number of anilines is 1. The molecule has 7 heteroatoms. The molecule has 5 aliphatic rings. The lowest BCUT2D eigenvalue weighted by atomic mass is 9.69. The molecular weight excluding hydrogens is 586 g/mol. The summed E-state index contributed by atoms with van der Waals surface area (Å²) in [5.74, 6) is 0.742. The number of phenolic OH excluding ortho intramolecular Hbond substituents is 4. The van der Waals surface area contributed by atoms with Crippen LogP contribution in [0.1, 0.15) is 106 Å². The van der Waals surface area contributed by atoms with E-state index in [1.807, 2.05) is 6.20 Å². The number of nitrogens with zero attached hydrogens (tertiary/aromatic N) is 2. The number of phenols is 4. The van der Waals surface area contributed by atoms with Gasteiger partial charge in [-0.05, 0) is 131 Å². The second-order valence-electron chi connectivity index (χ2n) is 16.3. The molecule has 0 spiro atoms. The number of allylic oxidation sites excluding steroid dienone is 2. The predicted octanol–water partition coefficient (Wildman–Crippen LogP) is 8.31. The largest absolute Gasteiger partial charge is 0.505 e. The Bertz CT molecular complexity index is 1890. The molecule has 47 heavy (non-hydrogen) atoms. The Morgan fingerprint density at radius 2 is 1.62 bits per heavy atom. The first-order valence-corrected chi connectivity index (χ1v) is 17.1. The van der Waals surface area contributed by atoms with Gasteiger partial charge in [-0.1, -0.05) is 46.4 Å². The maximum atomic E-state index is 10.6. The Morgan fingerprint density at radius 3 is 2.36 bits per heavy atom. The fraction of sp³-hybridized carbons (Fsp3) is 0.450. The van der Waals surface area contributed by atoms with Crippen LogP contribution >= 0.6 is 0 Å². The van der Waals surface area contributed by atoms with Crippen molar-refractivity contribution in [2.24, 2.45) is 28.7 Å². The van der Waals surface area contributed by atoms with Gasteiger partial charge in [0.2, 0.25) is 5.75 Å². The number of aromatic nitrogens is 1. The SMILES string of the molecule is C=CC(=NC=C1CC2CC1C(C1CC3CC1c1cc(-c4cc5c(cn4)C(C)(C)CC5(C)C)ccc13)C2)c1c(O)c(N)c(O)c(O)c1O. The average Bonchev–Trinajstić information content (AvgIpc) is 3.86. The molecule has 1 aromatic heterocycles. The van der Waals surface area contributed by atoms with Gasteiger partial charge in [0.05, 0.1) is 17.0 Å². The lowest BCUT2D eigenvalue weighted by Crippen LogP contribution is -2.26. The molecule has 6 N–H and O–H groups in total. The van der Waals surface area contributed by atoms with Gasteiger partial charge >= 0.3 is 0 Å². The lowest BCUT2D eigenvalue weighted by Gasteiger charge is -2.35. The van der Waals surface area contributed by atoms with Crippen LogP contribution in [0.5, 0.6) is 23.0 Å². The van der Waals surface area contributed by atoms with Crippen molar-refractivity contribution in [2.75, 3.05) is 5.73 Å². The van der Waals surface area contributed by atoms with E-state index in [1.165, 1.54) is 65.1 Å². The van der Waals surface area contributed by atoms with Gasteiger partial charge in [-0.3, -0.25) is 9.98 Å².